The highest BCUT2D eigenvalue weighted by atomic mass is 19.4. The minimum absolute atomic E-state index is 0.00335. The molecule has 0 N–H and O–H groups in total. The number of imide groups is 2. The first-order valence-electron chi connectivity index (χ1n) is 21.4. The highest BCUT2D eigenvalue weighted by Crippen LogP contribution is 2.51. The average molecular weight is 857 g/mol. The van der Waals surface area contributed by atoms with Crippen molar-refractivity contribution in [2.45, 2.75) is 104 Å². The van der Waals surface area contributed by atoms with Gasteiger partial charge < -0.3 is 0 Å². The number of nitrogens with zero attached hydrogens (tertiary/aromatic N) is 2. The molecule has 0 atom stereocenters. The van der Waals surface area contributed by atoms with Crippen LogP contribution in [0.15, 0.2) is 78.9 Å². The van der Waals surface area contributed by atoms with Gasteiger partial charge in [0.2, 0.25) is 0 Å². The number of hydrogen-bond acceptors (Lipinski definition) is 4. The zero-order chi connectivity index (χ0) is 45.3. The number of carbonyl (C=O) groups is 4. The molecule has 0 saturated carbocycles. The summed E-state index contributed by atoms with van der Waals surface area (Å²) in [6.45, 7) is 15.7. The molecule has 7 aromatic carbocycles. The van der Waals surface area contributed by atoms with E-state index in [4.69, 9.17) is 0 Å². The molecular formula is C52H45F5N2O4. The summed E-state index contributed by atoms with van der Waals surface area (Å²) in [5.41, 5.74) is 4.74. The van der Waals surface area contributed by atoms with Gasteiger partial charge in [-0.2, -0.15) is 22.0 Å². The van der Waals surface area contributed by atoms with E-state index in [9.17, 15) is 36.3 Å². The summed E-state index contributed by atoms with van der Waals surface area (Å²) < 4.78 is 71.1. The topological polar surface area (TPSA) is 74.8 Å². The second-order valence-electron chi connectivity index (χ2n) is 18.2. The van der Waals surface area contributed by atoms with Gasteiger partial charge in [-0.3, -0.25) is 19.2 Å². The number of fused-ring (bicyclic) bond motifs is 2. The maximum Gasteiger partial charge on any atom is 0.453 e. The third kappa shape index (κ3) is 6.01. The molecule has 0 spiro atoms. The number of carbonyl (C=O) groups excluding carboxylic acids is 4. The Balaban J connectivity index is 1.35. The van der Waals surface area contributed by atoms with Crippen molar-refractivity contribution in [3.8, 4) is 0 Å². The van der Waals surface area contributed by atoms with E-state index in [1.54, 1.807) is 36.4 Å². The summed E-state index contributed by atoms with van der Waals surface area (Å²) in [6, 6.07) is 22.6. The Bertz CT molecular complexity index is 3070. The van der Waals surface area contributed by atoms with Crippen LogP contribution in [-0.4, -0.2) is 35.7 Å². The summed E-state index contributed by atoms with van der Waals surface area (Å²) in [5, 5.41) is 3.11. The fourth-order valence-electron chi connectivity index (χ4n) is 10.0. The van der Waals surface area contributed by atoms with E-state index < -0.39 is 48.6 Å². The molecule has 0 radical (unpaired) electrons. The first kappa shape index (κ1) is 42.1. The molecule has 0 aliphatic carbocycles. The van der Waals surface area contributed by atoms with E-state index in [0.717, 1.165) is 27.2 Å². The first-order chi connectivity index (χ1) is 29.7. The van der Waals surface area contributed by atoms with Crippen LogP contribution in [0.4, 0.5) is 33.3 Å². The van der Waals surface area contributed by atoms with Crippen LogP contribution in [0.5, 0.6) is 0 Å². The zero-order valence-electron chi connectivity index (χ0n) is 36.1. The molecule has 2 aliphatic heterocycles. The number of benzene rings is 7. The van der Waals surface area contributed by atoms with E-state index >= 15 is 4.79 Å². The van der Waals surface area contributed by atoms with Crippen LogP contribution in [-0.2, 0) is 6.42 Å². The predicted octanol–water partition coefficient (Wildman–Crippen LogP) is 14.0. The summed E-state index contributed by atoms with van der Waals surface area (Å²) >= 11 is 0. The van der Waals surface area contributed by atoms with Crippen molar-refractivity contribution < 1.29 is 41.1 Å². The number of rotatable bonds is 9. The zero-order valence-corrected chi connectivity index (χ0v) is 36.1. The van der Waals surface area contributed by atoms with Gasteiger partial charge in [-0.25, -0.2) is 9.80 Å². The Kier molecular flexibility index (Phi) is 9.62. The summed E-state index contributed by atoms with van der Waals surface area (Å²) in [5.74, 6) is -7.76. The molecule has 9 rings (SSSR count). The molecule has 0 fully saturated rings. The SMILES string of the molecule is CC(C)c1cccc(C(C)C)c1N1C(=O)c2ccc3c4ccc5c6c(cc(CCC(F)(F)C(F)(F)F)c(c7ccc(c2c37)C1=O)c64)C(=O)N(c1c(C(C)C)cccc1C(C)C)C5=O. The number of aryl methyl sites for hydroxylation is 1. The molecule has 0 unspecified atom stereocenters. The quantitative estimate of drug-likeness (QED) is 0.0627. The maximum atomic E-state index is 15.0. The highest BCUT2D eigenvalue weighted by molar-refractivity contribution is 6.46. The Labute approximate surface area is 361 Å². The fourth-order valence-corrected chi connectivity index (χ4v) is 10.0. The molecule has 7 aromatic rings. The Morgan fingerprint density at radius 1 is 0.444 bits per heavy atom. The maximum absolute atomic E-state index is 15.0. The van der Waals surface area contributed by atoms with Crippen LogP contribution in [0, 0.1) is 0 Å². The average Bonchev–Trinajstić information content (AvgIpc) is 3.22. The predicted molar refractivity (Wildman–Crippen MR) is 238 cm³/mol. The molecule has 0 saturated heterocycles. The summed E-state index contributed by atoms with van der Waals surface area (Å²) in [4.78, 5) is 61.9. The number of para-hydroxylation sites is 2. The molecule has 6 nitrogen and oxygen atoms in total. The van der Waals surface area contributed by atoms with Gasteiger partial charge in [0.1, 0.15) is 0 Å². The summed E-state index contributed by atoms with van der Waals surface area (Å²) in [7, 11) is 0. The van der Waals surface area contributed by atoms with Crippen molar-refractivity contribution in [3.63, 3.8) is 0 Å². The lowest BCUT2D eigenvalue weighted by Gasteiger charge is -2.34. The lowest BCUT2D eigenvalue weighted by atomic mass is 9.79. The molecule has 2 heterocycles. The number of halogens is 5. The minimum atomic E-state index is -5.83. The standard InChI is InChI=1S/C52H45F5N2O4/c1-24(2)29-11-9-12-30(25(3)4)45(29)58-47(60)36-18-15-33-34-16-19-38-43-39(50(63)59(49(38)62)46-31(26(5)6)13-10-14-32(46)27(7)8)23-28(21-22-51(53,54)52(55,56)57)40(44(34)43)35-17-20-37(48(58)61)42(36)41(33)35/h9-20,23-27H,21-22H2,1-8H3. The van der Waals surface area contributed by atoms with Crippen LogP contribution in [0.3, 0.4) is 0 Å². The monoisotopic (exact) mass is 856 g/mol. The molecule has 4 amide bonds. The largest absolute Gasteiger partial charge is 0.453 e. The van der Waals surface area contributed by atoms with Crippen molar-refractivity contribution in [2.24, 2.45) is 0 Å². The molecular weight excluding hydrogens is 812 g/mol. The van der Waals surface area contributed by atoms with Crippen molar-refractivity contribution in [3.05, 3.63) is 129 Å². The molecule has 11 heteroatoms. The van der Waals surface area contributed by atoms with Gasteiger partial charge in [0.25, 0.3) is 23.6 Å². The van der Waals surface area contributed by atoms with Crippen molar-refractivity contribution in [2.75, 3.05) is 9.80 Å². The van der Waals surface area contributed by atoms with Gasteiger partial charge in [0.15, 0.2) is 0 Å². The number of hydrogen-bond donors (Lipinski definition) is 0. The molecule has 0 bridgehead atoms. The van der Waals surface area contributed by atoms with E-state index in [0.29, 0.717) is 43.7 Å². The van der Waals surface area contributed by atoms with Crippen LogP contribution in [0.1, 0.15) is 155 Å². The van der Waals surface area contributed by atoms with Crippen LogP contribution < -0.4 is 9.80 Å². The Morgan fingerprint density at radius 2 is 0.810 bits per heavy atom. The molecule has 63 heavy (non-hydrogen) atoms. The minimum Gasteiger partial charge on any atom is -0.268 e. The lowest BCUT2D eigenvalue weighted by molar-refractivity contribution is -0.284. The second kappa shape index (κ2) is 14.4. The lowest BCUT2D eigenvalue weighted by Crippen LogP contribution is -2.42. The normalized spacial score (nSPS) is 14.9. The van der Waals surface area contributed by atoms with Crippen molar-refractivity contribution in [1.82, 2.24) is 0 Å². The number of alkyl halides is 5. The third-order valence-electron chi connectivity index (χ3n) is 13.1. The van der Waals surface area contributed by atoms with Gasteiger partial charge in [-0.15, -0.1) is 0 Å². The Morgan fingerprint density at radius 3 is 1.21 bits per heavy atom. The van der Waals surface area contributed by atoms with Gasteiger partial charge in [-0.05, 0) is 114 Å². The van der Waals surface area contributed by atoms with Crippen LogP contribution >= 0.6 is 0 Å². The second-order valence-corrected chi connectivity index (χ2v) is 18.2. The fraction of sp³-hybridized carbons (Fsp3) is 0.308. The van der Waals surface area contributed by atoms with Crippen LogP contribution in [0.2, 0.25) is 0 Å². The smallest absolute Gasteiger partial charge is 0.268 e. The number of anilines is 2. The Hall–Kier alpha value is -6.23. The van der Waals surface area contributed by atoms with Crippen molar-refractivity contribution in [1.29, 1.82) is 0 Å². The van der Waals surface area contributed by atoms with Gasteiger partial charge >= 0.3 is 12.1 Å². The highest BCUT2D eigenvalue weighted by Gasteiger charge is 2.56. The third-order valence-corrected chi connectivity index (χ3v) is 13.1. The van der Waals surface area contributed by atoms with Crippen LogP contribution in [0.25, 0.3) is 43.1 Å². The summed E-state index contributed by atoms with van der Waals surface area (Å²) in [6.07, 6.45) is -8.23. The van der Waals surface area contributed by atoms with Gasteiger partial charge in [0.05, 0.1) is 11.4 Å². The van der Waals surface area contributed by atoms with Gasteiger partial charge in [0, 0.05) is 39.4 Å². The molecule has 2 aliphatic rings. The molecule has 322 valence electrons. The first-order valence-corrected chi connectivity index (χ1v) is 21.4. The van der Waals surface area contributed by atoms with E-state index in [1.165, 1.54) is 11.0 Å². The van der Waals surface area contributed by atoms with Crippen molar-refractivity contribution >= 4 is 78.1 Å². The van der Waals surface area contributed by atoms with Gasteiger partial charge in [-0.1, -0.05) is 110 Å². The molecule has 0 aromatic heterocycles. The van der Waals surface area contributed by atoms with E-state index in [1.807, 2.05) is 91.8 Å². The van der Waals surface area contributed by atoms with E-state index in [2.05, 4.69) is 0 Å². The van der Waals surface area contributed by atoms with E-state index in [-0.39, 0.29) is 62.3 Å². The number of amides is 4.